The van der Waals surface area contributed by atoms with Crippen molar-refractivity contribution in [1.29, 1.82) is 0 Å². The van der Waals surface area contributed by atoms with Gasteiger partial charge in [0.1, 0.15) is 6.61 Å². The highest BCUT2D eigenvalue weighted by molar-refractivity contribution is 5.67. The van der Waals surface area contributed by atoms with Crippen LogP contribution in [0.3, 0.4) is 0 Å². The Labute approximate surface area is 103 Å². The van der Waals surface area contributed by atoms with E-state index in [1.807, 2.05) is 37.3 Å². The molecular weight excluding hydrogens is 214 g/mol. The average molecular weight is 235 g/mol. The van der Waals surface area contributed by atoms with Gasteiger partial charge in [0, 0.05) is 6.04 Å². The molecule has 1 N–H and O–H groups in total. The van der Waals surface area contributed by atoms with E-state index in [0.29, 0.717) is 6.61 Å². The molecule has 1 atom stereocenters. The number of hydrogen-bond acceptors (Lipinski definition) is 2. The molecule has 0 aliphatic rings. The molecule has 0 saturated heterocycles. The fraction of sp³-hybridized carbons (Fsp3) is 0.500. The molecule has 3 nitrogen and oxygen atoms in total. The van der Waals surface area contributed by atoms with Crippen LogP contribution in [0.2, 0.25) is 0 Å². The number of nitrogens with one attached hydrogen (secondary N) is 1. The van der Waals surface area contributed by atoms with Crippen LogP contribution in [0.1, 0.15) is 33.3 Å². The SMILES string of the molecule is C[C@@H](NC(=O)OCc1ccccc1)C(C)(C)C. The fourth-order valence-electron chi connectivity index (χ4n) is 1.16. The van der Waals surface area contributed by atoms with Crippen molar-refractivity contribution >= 4 is 6.09 Å². The lowest BCUT2D eigenvalue weighted by Crippen LogP contribution is -2.41. The highest BCUT2D eigenvalue weighted by atomic mass is 16.5. The maximum Gasteiger partial charge on any atom is 0.407 e. The summed E-state index contributed by atoms with van der Waals surface area (Å²) < 4.78 is 5.14. The number of alkyl carbamates (subject to hydrolysis) is 1. The van der Waals surface area contributed by atoms with Crippen LogP contribution in [-0.2, 0) is 11.3 Å². The van der Waals surface area contributed by atoms with Crippen LogP contribution in [0.5, 0.6) is 0 Å². The first-order valence-electron chi connectivity index (χ1n) is 5.87. The topological polar surface area (TPSA) is 38.3 Å². The molecule has 0 aliphatic heterocycles. The number of carbonyl (C=O) groups is 1. The van der Waals surface area contributed by atoms with Gasteiger partial charge in [0.25, 0.3) is 0 Å². The van der Waals surface area contributed by atoms with Gasteiger partial charge < -0.3 is 10.1 Å². The average Bonchev–Trinajstić information content (AvgIpc) is 2.26. The Morgan fingerprint density at radius 1 is 1.29 bits per heavy atom. The minimum absolute atomic E-state index is 0.0335. The molecule has 0 aliphatic carbocycles. The van der Waals surface area contributed by atoms with Gasteiger partial charge in [-0.25, -0.2) is 4.79 Å². The van der Waals surface area contributed by atoms with E-state index < -0.39 is 0 Å². The zero-order valence-corrected chi connectivity index (χ0v) is 11.0. The Bertz CT molecular complexity index is 354. The van der Waals surface area contributed by atoms with Crippen LogP contribution in [0.4, 0.5) is 4.79 Å². The lowest BCUT2D eigenvalue weighted by molar-refractivity contribution is 0.128. The summed E-state index contributed by atoms with van der Waals surface area (Å²) in [6.07, 6.45) is -0.365. The van der Waals surface area contributed by atoms with Crippen molar-refractivity contribution in [3.05, 3.63) is 35.9 Å². The quantitative estimate of drug-likeness (QED) is 0.872. The molecule has 0 spiro atoms. The molecule has 0 saturated carbocycles. The molecule has 1 rings (SSSR count). The summed E-state index contributed by atoms with van der Waals surface area (Å²) >= 11 is 0. The van der Waals surface area contributed by atoms with Crippen molar-refractivity contribution in [2.24, 2.45) is 5.41 Å². The largest absolute Gasteiger partial charge is 0.445 e. The van der Waals surface area contributed by atoms with E-state index in [1.165, 1.54) is 0 Å². The van der Waals surface area contributed by atoms with Crippen molar-refractivity contribution in [1.82, 2.24) is 5.32 Å². The first-order chi connectivity index (χ1) is 7.89. The Kier molecular flexibility index (Phi) is 4.55. The normalized spacial score (nSPS) is 12.9. The summed E-state index contributed by atoms with van der Waals surface area (Å²) in [7, 11) is 0. The van der Waals surface area contributed by atoms with Crippen LogP contribution >= 0.6 is 0 Å². The third kappa shape index (κ3) is 4.89. The van der Waals surface area contributed by atoms with Gasteiger partial charge >= 0.3 is 6.09 Å². The zero-order chi connectivity index (χ0) is 12.9. The van der Waals surface area contributed by atoms with Crippen LogP contribution in [0.25, 0.3) is 0 Å². The van der Waals surface area contributed by atoms with E-state index in [0.717, 1.165) is 5.56 Å². The monoisotopic (exact) mass is 235 g/mol. The predicted octanol–water partition coefficient (Wildman–Crippen LogP) is 3.35. The lowest BCUT2D eigenvalue weighted by atomic mass is 9.88. The Morgan fingerprint density at radius 2 is 1.88 bits per heavy atom. The van der Waals surface area contributed by atoms with Gasteiger partial charge in [-0.3, -0.25) is 0 Å². The molecule has 1 amide bonds. The van der Waals surface area contributed by atoms with Gasteiger partial charge in [0.2, 0.25) is 0 Å². The first-order valence-corrected chi connectivity index (χ1v) is 5.87. The third-order valence-electron chi connectivity index (χ3n) is 2.85. The van der Waals surface area contributed by atoms with Crippen molar-refractivity contribution < 1.29 is 9.53 Å². The van der Waals surface area contributed by atoms with Crippen LogP contribution in [-0.4, -0.2) is 12.1 Å². The predicted molar refractivity (Wildman–Crippen MR) is 68.7 cm³/mol. The van der Waals surface area contributed by atoms with E-state index in [9.17, 15) is 4.79 Å². The number of carbonyl (C=O) groups excluding carboxylic acids is 1. The Balaban J connectivity index is 2.36. The van der Waals surface area contributed by atoms with Gasteiger partial charge in [0.15, 0.2) is 0 Å². The van der Waals surface area contributed by atoms with E-state index in [4.69, 9.17) is 4.74 Å². The second kappa shape index (κ2) is 5.71. The minimum atomic E-state index is -0.365. The van der Waals surface area contributed by atoms with Gasteiger partial charge in [-0.05, 0) is 17.9 Å². The number of hydrogen-bond donors (Lipinski definition) is 1. The van der Waals surface area contributed by atoms with E-state index in [1.54, 1.807) is 0 Å². The molecule has 3 heteroatoms. The standard InChI is InChI=1S/C14H21NO2/c1-11(14(2,3)4)15-13(16)17-10-12-8-6-5-7-9-12/h5-9,11H,10H2,1-4H3,(H,15,16)/t11-/m1/s1. The molecule has 94 valence electrons. The molecule has 0 aromatic heterocycles. The molecule has 17 heavy (non-hydrogen) atoms. The van der Waals surface area contributed by atoms with Crippen LogP contribution in [0.15, 0.2) is 30.3 Å². The summed E-state index contributed by atoms with van der Waals surface area (Å²) in [4.78, 5) is 11.5. The fourth-order valence-corrected chi connectivity index (χ4v) is 1.16. The van der Waals surface area contributed by atoms with Gasteiger partial charge in [-0.2, -0.15) is 0 Å². The highest BCUT2D eigenvalue weighted by Gasteiger charge is 2.22. The maximum absolute atomic E-state index is 11.5. The van der Waals surface area contributed by atoms with Gasteiger partial charge in [-0.15, -0.1) is 0 Å². The minimum Gasteiger partial charge on any atom is -0.445 e. The molecule has 0 bridgehead atoms. The molecule has 0 heterocycles. The second-order valence-corrected chi connectivity index (χ2v) is 5.29. The van der Waals surface area contributed by atoms with Gasteiger partial charge in [-0.1, -0.05) is 51.1 Å². The summed E-state index contributed by atoms with van der Waals surface area (Å²) in [5.41, 5.74) is 1.03. The first kappa shape index (κ1) is 13.6. The summed E-state index contributed by atoms with van der Waals surface area (Å²) in [6.45, 7) is 8.52. The third-order valence-corrected chi connectivity index (χ3v) is 2.85. The Hall–Kier alpha value is -1.51. The molecule has 1 aromatic rings. The van der Waals surface area contributed by atoms with Crippen molar-refractivity contribution in [3.63, 3.8) is 0 Å². The van der Waals surface area contributed by atoms with E-state index in [2.05, 4.69) is 26.1 Å². The maximum atomic E-state index is 11.5. The lowest BCUT2D eigenvalue weighted by Gasteiger charge is -2.27. The zero-order valence-electron chi connectivity index (χ0n) is 11.0. The smallest absolute Gasteiger partial charge is 0.407 e. The number of amides is 1. The summed E-state index contributed by atoms with van der Waals surface area (Å²) in [5.74, 6) is 0. The van der Waals surface area contributed by atoms with E-state index in [-0.39, 0.29) is 17.6 Å². The van der Waals surface area contributed by atoms with Crippen molar-refractivity contribution in [3.8, 4) is 0 Å². The molecular formula is C14H21NO2. The molecule has 0 radical (unpaired) electrons. The number of benzene rings is 1. The summed E-state index contributed by atoms with van der Waals surface area (Å²) in [6, 6.07) is 9.72. The second-order valence-electron chi connectivity index (χ2n) is 5.29. The van der Waals surface area contributed by atoms with Crippen LogP contribution in [0, 0.1) is 5.41 Å². The van der Waals surface area contributed by atoms with E-state index >= 15 is 0 Å². The molecule has 1 aromatic carbocycles. The molecule has 0 fully saturated rings. The number of rotatable bonds is 3. The summed E-state index contributed by atoms with van der Waals surface area (Å²) in [5, 5.41) is 2.83. The van der Waals surface area contributed by atoms with Crippen molar-refractivity contribution in [2.45, 2.75) is 40.3 Å². The molecule has 0 unspecified atom stereocenters. The number of ether oxygens (including phenoxy) is 1. The highest BCUT2D eigenvalue weighted by Crippen LogP contribution is 2.18. The Morgan fingerprint density at radius 3 is 2.41 bits per heavy atom. The van der Waals surface area contributed by atoms with Crippen LogP contribution < -0.4 is 5.32 Å². The van der Waals surface area contributed by atoms with Crippen molar-refractivity contribution in [2.75, 3.05) is 0 Å². The van der Waals surface area contributed by atoms with Gasteiger partial charge in [0.05, 0.1) is 0 Å².